The quantitative estimate of drug-likeness (QED) is 0.878. The van der Waals surface area contributed by atoms with Crippen LogP contribution in [0.3, 0.4) is 0 Å². The Morgan fingerprint density at radius 3 is 2.65 bits per heavy atom. The molecule has 0 saturated heterocycles. The van der Waals surface area contributed by atoms with E-state index in [4.69, 9.17) is 4.42 Å². The predicted octanol–water partition coefficient (Wildman–Crippen LogP) is 4.45. The van der Waals surface area contributed by atoms with E-state index in [9.17, 15) is 5.11 Å². The van der Waals surface area contributed by atoms with Gasteiger partial charge in [0.2, 0.25) is 0 Å². The highest BCUT2D eigenvalue weighted by Gasteiger charge is 2.17. The molecule has 0 bridgehead atoms. The second-order valence-electron chi connectivity index (χ2n) is 3.77. The van der Waals surface area contributed by atoms with E-state index in [-0.39, 0.29) is 0 Å². The van der Waals surface area contributed by atoms with E-state index >= 15 is 0 Å². The second-order valence-corrected chi connectivity index (χ2v) is 5.35. The molecule has 90 valence electrons. The normalized spacial score (nSPS) is 12.7. The van der Waals surface area contributed by atoms with Crippen molar-refractivity contribution in [2.45, 2.75) is 19.4 Å². The third kappa shape index (κ3) is 2.81. The number of aliphatic hydroxyl groups is 1. The Balaban J connectivity index is 2.32. The summed E-state index contributed by atoms with van der Waals surface area (Å²) in [6.07, 6.45) is 0.218. The molecular formula is C13H12Br2O2. The average molecular weight is 360 g/mol. The van der Waals surface area contributed by atoms with Crippen molar-refractivity contribution in [2.24, 2.45) is 0 Å². The zero-order chi connectivity index (χ0) is 12.4. The molecule has 17 heavy (non-hydrogen) atoms. The van der Waals surface area contributed by atoms with Gasteiger partial charge in [-0.15, -0.1) is 0 Å². The monoisotopic (exact) mass is 358 g/mol. The maximum Gasteiger partial charge on any atom is 0.183 e. The highest BCUT2D eigenvalue weighted by molar-refractivity contribution is 9.13. The maximum absolute atomic E-state index is 10.2. The first-order valence-electron chi connectivity index (χ1n) is 5.33. The van der Waals surface area contributed by atoms with Crippen LogP contribution in [0.5, 0.6) is 0 Å². The maximum atomic E-state index is 10.2. The molecule has 0 aliphatic carbocycles. The summed E-state index contributed by atoms with van der Waals surface area (Å²) in [5.41, 5.74) is 2.05. The summed E-state index contributed by atoms with van der Waals surface area (Å²) in [6.45, 7) is 2.09. The van der Waals surface area contributed by atoms with Crippen molar-refractivity contribution in [3.63, 3.8) is 0 Å². The van der Waals surface area contributed by atoms with E-state index in [2.05, 4.69) is 38.8 Å². The van der Waals surface area contributed by atoms with E-state index in [1.807, 2.05) is 24.3 Å². The van der Waals surface area contributed by atoms with Crippen LogP contribution in [-0.2, 0) is 6.42 Å². The number of halogens is 2. The lowest BCUT2D eigenvalue weighted by Gasteiger charge is -2.09. The number of hydrogen-bond acceptors (Lipinski definition) is 2. The molecule has 2 aromatic rings. The number of aliphatic hydroxyl groups excluding tert-OH is 1. The zero-order valence-electron chi connectivity index (χ0n) is 9.28. The largest absolute Gasteiger partial charge is 0.450 e. The molecule has 1 atom stereocenters. The number of benzene rings is 1. The van der Waals surface area contributed by atoms with Crippen molar-refractivity contribution in [3.8, 4) is 0 Å². The van der Waals surface area contributed by atoms with Gasteiger partial charge in [-0.25, -0.2) is 0 Å². The van der Waals surface area contributed by atoms with Crippen LogP contribution < -0.4 is 0 Å². The van der Waals surface area contributed by atoms with Gasteiger partial charge < -0.3 is 9.52 Å². The number of rotatable bonds is 3. The molecule has 0 fully saturated rings. The van der Waals surface area contributed by atoms with Gasteiger partial charge in [0.25, 0.3) is 0 Å². The molecule has 2 nitrogen and oxygen atoms in total. The highest BCUT2D eigenvalue weighted by Crippen LogP contribution is 2.32. The van der Waals surface area contributed by atoms with Crippen LogP contribution in [0, 0.1) is 0 Å². The molecule has 0 aliphatic rings. The molecule has 1 unspecified atom stereocenters. The minimum Gasteiger partial charge on any atom is -0.450 e. The first-order chi connectivity index (χ1) is 8.11. The molecule has 0 radical (unpaired) electrons. The fourth-order valence-corrected chi connectivity index (χ4v) is 2.25. The first-order valence-corrected chi connectivity index (χ1v) is 6.92. The van der Waals surface area contributed by atoms with E-state index < -0.39 is 6.10 Å². The Morgan fingerprint density at radius 1 is 1.29 bits per heavy atom. The summed E-state index contributed by atoms with van der Waals surface area (Å²) in [4.78, 5) is 0. The standard InChI is InChI=1S/C13H12Br2O2/c1-2-8-4-3-5-9(6-8)12(16)11-7-10(14)13(15)17-11/h3-7,12,16H,2H2,1H3. The van der Waals surface area contributed by atoms with Crippen LogP contribution >= 0.6 is 31.9 Å². The molecule has 4 heteroatoms. The van der Waals surface area contributed by atoms with Gasteiger partial charge in [-0.2, -0.15) is 0 Å². The van der Waals surface area contributed by atoms with E-state index in [1.165, 1.54) is 5.56 Å². The van der Waals surface area contributed by atoms with Crippen LogP contribution in [0.4, 0.5) is 0 Å². The summed E-state index contributed by atoms with van der Waals surface area (Å²) >= 11 is 6.59. The van der Waals surface area contributed by atoms with Crippen molar-refractivity contribution in [1.29, 1.82) is 0 Å². The Morgan fingerprint density at radius 2 is 2.06 bits per heavy atom. The Hall–Kier alpha value is -0.580. The van der Waals surface area contributed by atoms with Crippen LogP contribution in [-0.4, -0.2) is 5.11 Å². The zero-order valence-corrected chi connectivity index (χ0v) is 12.5. The Labute approximate surface area is 117 Å². The fraction of sp³-hybridized carbons (Fsp3) is 0.231. The molecular weight excluding hydrogens is 348 g/mol. The Kier molecular flexibility index (Phi) is 4.07. The molecule has 1 aromatic heterocycles. The summed E-state index contributed by atoms with van der Waals surface area (Å²) in [5, 5.41) is 10.2. The van der Waals surface area contributed by atoms with Gasteiger partial charge in [0.1, 0.15) is 11.9 Å². The number of furan rings is 1. The molecule has 1 heterocycles. The highest BCUT2D eigenvalue weighted by atomic mass is 79.9. The average Bonchev–Trinajstić information content (AvgIpc) is 2.69. The Bertz CT molecular complexity index is 500. The predicted molar refractivity (Wildman–Crippen MR) is 74.0 cm³/mol. The SMILES string of the molecule is CCc1cccc(C(O)c2cc(Br)c(Br)o2)c1. The summed E-state index contributed by atoms with van der Waals surface area (Å²) in [5.74, 6) is 0.525. The van der Waals surface area contributed by atoms with Gasteiger partial charge in [0, 0.05) is 0 Å². The van der Waals surface area contributed by atoms with Gasteiger partial charge in [0.05, 0.1) is 4.47 Å². The van der Waals surface area contributed by atoms with Crippen molar-refractivity contribution in [1.82, 2.24) is 0 Å². The van der Waals surface area contributed by atoms with Gasteiger partial charge >= 0.3 is 0 Å². The van der Waals surface area contributed by atoms with E-state index in [1.54, 1.807) is 6.07 Å². The lowest BCUT2D eigenvalue weighted by Crippen LogP contribution is -1.98. The number of hydrogen-bond donors (Lipinski definition) is 1. The van der Waals surface area contributed by atoms with Crippen LogP contribution in [0.25, 0.3) is 0 Å². The van der Waals surface area contributed by atoms with Crippen molar-refractivity contribution >= 4 is 31.9 Å². The molecule has 0 spiro atoms. The van der Waals surface area contributed by atoms with Crippen molar-refractivity contribution < 1.29 is 9.52 Å². The molecule has 0 saturated carbocycles. The second kappa shape index (κ2) is 5.38. The fourth-order valence-electron chi connectivity index (χ4n) is 1.65. The van der Waals surface area contributed by atoms with Crippen molar-refractivity contribution in [2.75, 3.05) is 0 Å². The third-order valence-electron chi connectivity index (χ3n) is 2.61. The van der Waals surface area contributed by atoms with Gasteiger partial charge in [-0.3, -0.25) is 0 Å². The minimum atomic E-state index is -0.732. The van der Waals surface area contributed by atoms with Crippen LogP contribution in [0.15, 0.2) is 43.9 Å². The summed E-state index contributed by atoms with van der Waals surface area (Å²) < 4.78 is 6.82. The summed E-state index contributed by atoms with van der Waals surface area (Å²) in [7, 11) is 0. The lowest BCUT2D eigenvalue weighted by atomic mass is 10.0. The van der Waals surface area contributed by atoms with Crippen LogP contribution in [0.1, 0.15) is 29.9 Å². The molecule has 0 amide bonds. The summed E-state index contributed by atoms with van der Waals surface area (Å²) in [6, 6.07) is 9.66. The van der Waals surface area contributed by atoms with E-state index in [0.717, 1.165) is 16.5 Å². The van der Waals surface area contributed by atoms with Crippen molar-refractivity contribution in [3.05, 3.63) is 56.4 Å². The third-order valence-corrected chi connectivity index (χ3v) is 4.32. The smallest absolute Gasteiger partial charge is 0.183 e. The van der Waals surface area contributed by atoms with E-state index in [0.29, 0.717) is 10.4 Å². The molecule has 1 N–H and O–H groups in total. The topological polar surface area (TPSA) is 33.4 Å². The molecule has 2 rings (SSSR count). The molecule has 1 aromatic carbocycles. The van der Waals surface area contributed by atoms with Gasteiger partial charge in [0.15, 0.2) is 4.67 Å². The van der Waals surface area contributed by atoms with Gasteiger partial charge in [-0.1, -0.05) is 31.2 Å². The van der Waals surface area contributed by atoms with Gasteiger partial charge in [-0.05, 0) is 55.5 Å². The lowest BCUT2D eigenvalue weighted by molar-refractivity contribution is 0.187. The minimum absolute atomic E-state index is 0.525. The molecule has 0 aliphatic heterocycles. The van der Waals surface area contributed by atoms with Crippen LogP contribution in [0.2, 0.25) is 0 Å². The number of aryl methyl sites for hydroxylation is 1. The first kappa shape index (κ1) is 12.9.